The molecule has 0 aliphatic carbocycles. The first-order valence-corrected chi connectivity index (χ1v) is 5.09. The Labute approximate surface area is 98.5 Å². The van der Waals surface area contributed by atoms with E-state index in [0.717, 1.165) is 0 Å². The molecule has 88 valence electrons. The van der Waals surface area contributed by atoms with Gasteiger partial charge in [-0.2, -0.15) is 0 Å². The normalized spacial score (nSPS) is 10.1. The van der Waals surface area contributed by atoms with Crippen molar-refractivity contribution >= 4 is 5.82 Å². The van der Waals surface area contributed by atoms with Gasteiger partial charge in [0.25, 0.3) is 0 Å². The number of rotatable bonds is 3. The van der Waals surface area contributed by atoms with Crippen molar-refractivity contribution in [3.8, 4) is 17.0 Å². The van der Waals surface area contributed by atoms with E-state index >= 15 is 0 Å². The molecular formula is C12H12FN3O. The van der Waals surface area contributed by atoms with Crippen LogP contribution in [0.5, 0.6) is 5.75 Å². The van der Waals surface area contributed by atoms with E-state index in [2.05, 4.69) is 15.3 Å². The smallest absolute Gasteiger partial charge is 0.187 e. The Balaban J connectivity index is 2.63. The predicted molar refractivity (Wildman–Crippen MR) is 63.5 cm³/mol. The zero-order valence-corrected chi connectivity index (χ0v) is 9.57. The van der Waals surface area contributed by atoms with Crippen LogP contribution in [0.4, 0.5) is 10.2 Å². The van der Waals surface area contributed by atoms with Crippen LogP contribution in [0.3, 0.4) is 0 Å². The van der Waals surface area contributed by atoms with Crippen molar-refractivity contribution in [1.82, 2.24) is 9.97 Å². The van der Waals surface area contributed by atoms with E-state index in [0.29, 0.717) is 22.8 Å². The molecule has 0 bridgehead atoms. The van der Waals surface area contributed by atoms with Gasteiger partial charge in [-0.15, -0.1) is 0 Å². The van der Waals surface area contributed by atoms with Crippen LogP contribution in [-0.4, -0.2) is 24.1 Å². The van der Waals surface area contributed by atoms with Crippen LogP contribution >= 0.6 is 0 Å². The summed E-state index contributed by atoms with van der Waals surface area (Å²) >= 11 is 0. The van der Waals surface area contributed by atoms with E-state index < -0.39 is 0 Å². The highest BCUT2D eigenvalue weighted by Gasteiger charge is 2.15. The van der Waals surface area contributed by atoms with Gasteiger partial charge in [0.2, 0.25) is 0 Å². The number of anilines is 1. The number of benzene rings is 1. The van der Waals surface area contributed by atoms with Gasteiger partial charge in [0, 0.05) is 12.6 Å². The van der Waals surface area contributed by atoms with Gasteiger partial charge in [0.1, 0.15) is 17.8 Å². The molecule has 0 saturated carbocycles. The van der Waals surface area contributed by atoms with E-state index in [4.69, 9.17) is 4.74 Å². The van der Waals surface area contributed by atoms with Crippen molar-refractivity contribution in [2.45, 2.75) is 0 Å². The third-order valence-corrected chi connectivity index (χ3v) is 2.37. The van der Waals surface area contributed by atoms with Crippen LogP contribution in [0.1, 0.15) is 0 Å². The third kappa shape index (κ3) is 2.04. The molecule has 0 aliphatic heterocycles. The first kappa shape index (κ1) is 11.3. The molecule has 0 saturated heterocycles. The summed E-state index contributed by atoms with van der Waals surface area (Å²) in [5.41, 5.74) is 0.827. The topological polar surface area (TPSA) is 47.0 Å². The minimum absolute atomic E-state index is 0.341. The van der Waals surface area contributed by atoms with Crippen LogP contribution in [0.15, 0.2) is 30.6 Å². The fourth-order valence-corrected chi connectivity index (χ4v) is 1.59. The highest BCUT2D eigenvalue weighted by Crippen LogP contribution is 2.33. The number of nitrogens with one attached hydrogen (secondary N) is 1. The van der Waals surface area contributed by atoms with Crippen LogP contribution in [0, 0.1) is 5.82 Å². The molecule has 0 atom stereocenters. The maximum absolute atomic E-state index is 13.7. The molecule has 5 heteroatoms. The van der Waals surface area contributed by atoms with Crippen molar-refractivity contribution < 1.29 is 9.13 Å². The van der Waals surface area contributed by atoms with Crippen molar-refractivity contribution in [1.29, 1.82) is 0 Å². The molecular weight excluding hydrogens is 221 g/mol. The standard InChI is InChI=1S/C12H12FN3O/c1-14-12-11(17-2)10(15-7-16-12)8-5-3-4-6-9(8)13/h3-7H,1-2H3,(H,14,15,16). The number of hydrogen-bond donors (Lipinski definition) is 1. The molecule has 1 aromatic carbocycles. The molecule has 4 nitrogen and oxygen atoms in total. The molecule has 0 radical (unpaired) electrons. The first-order valence-electron chi connectivity index (χ1n) is 5.09. The van der Waals surface area contributed by atoms with Gasteiger partial charge in [-0.25, -0.2) is 14.4 Å². The molecule has 0 fully saturated rings. The van der Waals surface area contributed by atoms with Gasteiger partial charge in [0.15, 0.2) is 11.6 Å². The second-order valence-corrected chi connectivity index (χ2v) is 3.33. The van der Waals surface area contributed by atoms with Gasteiger partial charge in [-0.3, -0.25) is 0 Å². The van der Waals surface area contributed by atoms with Crippen molar-refractivity contribution in [2.75, 3.05) is 19.5 Å². The molecule has 0 amide bonds. The highest BCUT2D eigenvalue weighted by molar-refractivity contribution is 5.72. The van der Waals surface area contributed by atoms with Crippen LogP contribution in [0.2, 0.25) is 0 Å². The Morgan fingerprint density at radius 3 is 2.65 bits per heavy atom. The summed E-state index contributed by atoms with van der Waals surface area (Å²) in [6.07, 6.45) is 1.37. The monoisotopic (exact) mass is 233 g/mol. The lowest BCUT2D eigenvalue weighted by molar-refractivity contribution is 0.414. The molecule has 17 heavy (non-hydrogen) atoms. The van der Waals surface area contributed by atoms with Crippen molar-refractivity contribution in [2.24, 2.45) is 0 Å². The minimum Gasteiger partial charge on any atom is -0.491 e. The minimum atomic E-state index is -0.341. The zero-order valence-electron chi connectivity index (χ0n) is 9.57. The molecule has 1 N–H and O–H groups in total. The summed E-state index contributed by atoms with van der Waals surface area (Å²) in [6.45, 7) is 0. The average molecular weight is 233 g/mol. The Morgan fingerprint density at radius 1 is 1.24 bits per heavy atom. The SMILES string of the molecule is CNc1ncnc(-c2ccccc2F)c1OC. The molecule has 0 aliphatic rings. The largest absolute Gasteiger partial charge is 0.491 e. The van der Waals surface area contributed by atoms with Gasteiger partial charge in [-0.05, 0) is 12.1 Å². The Morgan fingerprint density at radius 2 is 2.00 bits per heavy atom. The van der Waals surface area contributed by atoms with Gasteiger partial charge < -0.3 is 10.1 Å². The first-order chi connectivity index (χ1) is 8.27. The second-order valence-electron chi connectivity index (χ2n) is 3.33. The Kier molecular flexibility index (Phi) is 3.18. The number of hydrogen-bond acceptors (Lipinski definition) is 4. The van der Waals surface area contributed by atoms with E-state index in [1.54, 1.807) is 25.2 Å². The highest BCUT2D eigenvalue weighted by atomic mass is 19.1. The summed E-state index contributed by atoms with van der Waals surface area (Å²) in [7, 11) is 3.22. The van der Waals surface area contributed by atoms with E-state index in [1.807, 2.05) is 0 Å². The fourth-order valence-electron chi connectivity index (χ4n) is 1.59. The lowest BCUT2D eigenvalue weighted by Gasteiger charge is -2.11. The van der Waals surface area contributed by atoms with Crippen LogP contribution < -0.4 is 10.1 Å². The van der Waals surface area contributed by atoms with Gasteiger partial charge in [-0.1, -0.05) is 12.1 Å². The predicted octanol–water partition coefficient (Wildman–Crippen LogP) is 2.33. The maximum atomic E-state index is 13.7. The summed E-state index contributed by atoms with van der Waals surface area (Å²) in [5.74, 6) is 0.618. The summed E-state index contributed by atoms with van der Waals surface area (Å²) < 4.78 is 18.9. The molecule has 2 aromatic rings. The molecule has 0 spiro atoms. The summed E-state index contributed by atoms with van der Waals surface area (Å²) in [6, 6.07) is 6.42. The average Bonchev–Trinajstić information content (AvgIpc) is 2.38. The maximum Gasteiger partial charge on any atom is 0.187 e. The van der Waals surface area contributed by atoms with Crippen molar-refractivity contribution in [3.05, 3.63) is 36.4 Å². The molecule has 1 aromatic heterocycles. The van der Waals surface area contributed by atoms with E-state index in [1.165, 1.54) is 19.5 Å². The molecule has 2 rings (SSSR count). The van der Waals surface area contributed by atoms with Crippen LogP contribution in [0.25, 0.3) is 11.3 Å². The lowest BCUT2D eigenvalue weighted by Crippen LogP contribution is -2.01. The third-order valence-electron chi connectivity index (χ3n) is 2.37. The quantitative estimate of drug-likeness (QED) is 0.883. The number of methoxy groups -OCH3 is 1. The summed E-state index contributed by atoms with van der Waals surface area (Å²) in [5, 5.41) is 2.88. The van der Waals surface area contributed by atoms with Crippen LogP contribution in [-0.2, 0) is 0 Å². The molecule has 0 unspecified atom stereocenters. The lowest BCUT2D eigenvalue weighted by atomic mass is 10.1. The number of ether oxygens (including phenoxy) is 1. The van der Waals surface area contributed by atoms with E-state index in [9.17, 15) is 4.39 Å². The fraction of sp³-hybridized carbons (Fsp3) is 0.167. The Bertz CT molecular complexity index is 531. The van der Waals surface area contributed by atoms with Gasteiger partial charge >= 0.3 is 0 Å². The van der Waals surface area contributed by atoms with Crippen molar-refractivity contribution in [3.63, 3.8) is 0 Å². The molecule has 1 heterocycles. The number of halogens is 1. The summed E-state index contributed by atoms with van der Waals surface area (Å²) in [4.78, 5) is 8.09. The van der Waals surface area contributed by atoms with Gasteiger partial charge in [0.05, 0.1) is 7.11 Å². The number of nitrogens with zero attached hydrogens (tertiary/aromatic N) is 2. The Hall–Kier alpha value is -2.17. The van der Waals surface area contributed by atoms with E-state index in [-0.39, 0.29) is 5.82 Å². The second kappa shape index (κ2) is 4.78. The zero-order chi connectivity index (χ0) is 12.3. The number of aromatic nitrogens is 2.